The highest BCUT2D eigenvalue weighted by Gasteiger charge is 2.14. The van der Waals surface area contributed by atoms with Crippen LogP contribution in [0.2, 0.25) is 0 Å². The number of benzene rings is 1. The predicted octanol–water partition coefficient (Wildman–Crippen LogP) is 2.89. The Kier molecular flexibility index (Phi) is 4.52. The van der Waals surface area contributed by atoms with Gasteiger partial charge in [0, 0.05) is 12.2 Å². The highest BCUT2D eigenvalue weighted by molar-refractivity contribution is 7.29. The molecule has 0 aliphatic rings. The molecule has 1 amide bonds. The molecule has 3 rings (SSSR count). The number of rotatable bonds is 5. The van der Waals surface area contributed by atoms with Gasteiger partial charge in [0.25, 0.3) is 5.91 Å². The van der Waals surface area contributed by atoms with Crippen molar-refractivity contribution in [1.29, 1.82) is 5.26 Å². The number of nitrogens with one attached hydrogen (secondary N) is 2. The van der Waals surface area contributed by atoms with E-state index in [0.717, 1.165) is 14.7 Å². The third-order valence-corrected chi connectivity index (χ3v) is 5.09. The van der Waals surface area contributed by atoms with Crippen molar-refractivity contribution in [3.8, 4) is 6.07 Å². The Bertz CT molecular complexity index is 846. The van der Waals surface area contributed by atoms with Crippen molar-refractivity contribution in [2.24, 2.45) is 0 Å². The monoisotopic (exact) mass is 344 g/mol. The van der Waals surface area contributed by atoms with E-state index < -0.39 is 0 Å². The van der Waals surface area contributed by atoms with E-state index >= 15 is 0 Å². The lowest BCUT2D eigenvalue weighted by atomic mass is 10.2. The summed E-state index contributed by atoms with van der Waals surface area (Å²) in [6.45, 7) is 0.498. The molecule has 0 aliphatic heterocycles. The molecule has 1 aromatic carbocycles. The molecule has 0 saturated heterocycles. The fraction of sp³-hybridized carbons (Fsp3) is 0.133. The molecule has 116 valence electrons. The van der Waals surface area contributed by atoms with Crippen LogP contribution in [0, 0.1) is 11.3 Å². The Morgan fingerprint density at radius 1 is 1.30 bits per heavy atom. The predicted molar refractivity (Wildman–Crippen MR) is 92.2 cm³/mol. The van der Waals surface area contributed by atoms with Crippen molar-refractivity contribution in [2.45, 2.75) is 0 Å². The van der Waals surface area contributed by atoms with E-state index in [0.29, 0.717) is 22.7 Å². The highest BCUT2D eigenvalue weighted by atomic mass is 32.1. The van der Waals surface area contributed by atoms with Crippen LogP contribution >= 0.6 is 22.7 Å². The first-order chi connectivity index (χ1) is 11.2. The van der Waals surface area contributed by atoms with E-state index in [1.54, 1.807) is 30.3 Å². The Morgan fingerprint density at radius 3 is 2.74 bits per heavy atom. The minimum Gasteiger partial charge on any atom is -0.395 e. The van der Waals surface area contributed by atoms with E-state index in [1.807, 2.05) is 6.07 Å². The second-order valence-electron chi connectivity index (χ2n) is 4.59. The molecule has 0 saturated carbocycles. The van der Waals surface area contributed by atoms with Crippen LogP contribution < -0.4 is 10.6 Å². The van der Waals surface area contributed by atoms with E-state index in [2.05, 4.69) is 15.6 Å². The molecule has 0 bridgehead atoms. The van der Waals surface area contributed by atoms with E-state index in [1.165, 1.54) is 22.7 Å². The summed E-state index contributed by atoms with van der Waals surface area (Å²) in [6.07, 6.45) is 0. The normalized spacial score (nSPS) is 10.4. The number of fused-ring (bicyclic) bond motifs is 1. The number of aliphatic hydroxyl groups excluding tert-OH is 1. The van der Waals surface area contributed by atoms with Gasteiger partial charge in [-0.05, 0) is 30.3 Å². The Morgan fingerprint density at radius 2 is 2.09 bits per heavy atom. The maximum atomic E-state index is 12.3. The van der Waals surface area contributed by atoms with Crippen molar-refractivity contribution in [3.63, 3.8) is 0 Å². The van der Waals surface area contributed by atoms with Crippen LogP contribution in [0.5, 0.6) is 0 Å². The van der Waals surface area contributed by atoms with Crippen molar-refractivity contribution in [3.05, 3.63) is 40.8 Å². The van der Waals surface area contributed by atoms with Gasteiger partial charge in [0.05, 0.1) is 27.8 Å². The van der Waals surface area contributed by atoms with Gasteiger partial charge in [-0.15, -0.1) is 11.3 Å². The first-order valence-electron chi connectivity index (χ1n) is 6.76. The Balaban J connectivity index is 1.72. The fourth-order valence-electron chi connectivity index (χ4n) is 1.91. The molecule has 2 aromatic heterocycles. The largest absolute Gasteiger partial charge is 0.395 e. The van der Waals surface area contributed by atoms with Gasteiger partial charge in [0.15, 0.2) is 5.13 Å². The zero-order chi connectivity index (χ0) is 16.2. The van der Waals surface area contributed by atoms with Crippen LogP contribution in [0.4, 0.5) is 10.8 Å². The van der Waals surface area contributed by atoms with Crippen molar-refractivity contribution < 1.29 is 9.90 Å². The lowest BCUT2D eigenvalue weighted by molar-refractivity contribution is 0.103. The van der Waals surface area contributed by atoms with E-state index in [9.17, 15) is 4.79 Å². The lowest BCUT2D eigenvalue weighted by Gasteiger charge is -2.02. The Hall–Kier alpha value is -2.47. The molecule has 3 N–H and O–H groups in total. The number of carbonyl (C=O) groups excluding carboxylic acids is 1. The number of anilines is 2. The lowest BCUT2D eigenvalue weighted by Crippen LogP contribution is -2.09. The smallest absolute Gasteiger partial charge is 0.265 e. The Labute approximate surface area is 140 Å². The second-order valence-corrected chi connectivity index (χ2v) is 6.65. The maximum absolute atomic E-state index is 12.3. The average Bonchev–Trinajstić information content (AvgIpc) is 3.12. The standard InChI is InChI=1S/C15H12N4O2S2/c16-8-9-1-3-10(4-2-9)18-13(21)11-7-12-14(22-11)19-15(23-12)17-5-6-20/h1-4,7,20H,5-6H2,(H,17,19)(H,18,21). The van der Waals surface area contributed by atoms with Gasteiger partial charge in [-0.3, -0.25) is 4.79 Å². The van der Waals surface area contributed by atoms with Crippen molar-refractivity contribution >= 4 is 48.9 Å². The summed E-state index contributed by atoms with van der Waals surface area (Å²) >= 11 is 2.77. The molecule has 0 spiro atoms. The number of thiophene rings is 1. The molecule has 0 radical (unpaired) electrons. The second kappa shape index (κ2) is 6.75. The van der Waals surface area contributed by atoms with E-state index in [4.69, 9.17) is 10.4 Å². The van der Waals surface area contributed by atoms with Crippen molar-refractivity contribution in [1.82, 2.24) is 4.98 Å². The molecule has 8 heteroatoms. The number of nitriles is 1. The molecule has 2 heterocycles. The van der Waals surface area contributed by atoms with E-state index in [-0.39, 0.29) is 12.5 Å². The minimum absolute atomic E-state index is 0.0471. The number of nitrogens with zero attached hydrogens (tertiary/aromatic N) is 2. The quantitative estimate of drug-likeness (QED) is 0.661. The molecule has 0 unspecified atom stereocenters. The van der Waals surface area contributed by atoms with Crippen LogP contribution in [0.15, 0.2) is 30.3 Å². The number of carbonyl (C=O) groups is 1. The van der Waals surface area contributed by atoms with Gasteiger partial charge in [0.2, 0.25) is 0 Å². The van der Waals surface area contributed by atoms with Gasteiger partial charge in [-0.25, -0.2) is 4.98 Å². The van der Waals surface area contributed by atoms with Gasteiger partial charge in [0.1, 0.15) is 4.83 Å². The summed E-state index contributed by atoms with van der Waals surface area (Å²) in [5.41, 5.74) is 1.19. The summed E-state index contributed by atoms with van der Waals surface area (Å²) in [7, 11) is 0. The number of thiazole rings is 1. The summed E-state index contributed by atoms with van der Waals surface area (Å²) in [4.78, 5) is 18.0. The summed E-state index contributed by atoms with van der Waals surface area (Å²) in [5.74, 6) is -0.199. The number of aromatic nitrogens is 1. The van der Waals surface area contributed by atoms with Crippen LogP contribution in [-0.2, 0) is 0 Å². The molecular formula is C15H12N4O2S2. The maximum Gasteiger partial charge on any atom is 0.265 e. The van der Waals surface area contributed by atoms with Crippen LogP contribution in [0.1, 0.15) is 15.2 Å². The first kappa shape index (κ1) is 15.4. The number of hydrogen-bond donors (Lipinski definition) is 3. The molecule has 0 atom stereocenters. The molecule has 0 aliphatic carbocycles. The summed E-state index contributed by atoms with van der Waals surface area (Å²) < 4.78 is 0.931. The van der Waals surface area contributed by atoms with Crippen LogP contribution in [0.3, 0.4) is 0 Å². The van der Waals surface area contributed by atoms with Gasteiger partial charge in [-0.1, -0.05) is 11.3 Å². The minimum atomic E-state index is -0.199. The third kappa shape index (κ3) is 3.48. The number of aliphatic hydroxyl groups is 1. The zero-order valence-corrected chi connectivity index (χ0v) is 13.5. The van der Waals surface area contributed by atoms with Crippen LogP contribution in [0.25, 0.3) is 9.53 Å². The summed E-state index contributed by atoms with van der Waals surface area (Å²) in [6, 6.07) is 10.5. The molecule has 23 heavy (non-hydrogen) atoms. The first-order valence-corrected chi connectivity index (χ1v) is 8.39. The van der Waals surface area contributed by atoms with Crippen LogP contribution in [-0.4, -0.2) is 29.1 Å². The SMILES string of the molecule is N#Cc1ccc(NC(=O)c2cc3sc(NCCO)nc3s2)cc1. The molecule has 0 fully saturated rings. The van der Waals surface area contributed by atoms with Gasteiger partial charge >= 0.3 is 0 Å². The topological polar surface area (TPSA) is 98.0 Å². The average molecular weight is 344 g/mol. The highest BCUT2D eigenvalue weighted by Crippen LogP contribution is 2.33. The van der Waals surface area contributed by atoms with Gasteiger partial charge in [-0.2, -0.15) is 5.26 Å². The van der Waals surface area contributed by atoms with Gasteiger partial charge < -0.3 is 15.7 Å². The van der Waals surface area contributed by atoms with Crippen molar-refractivity contribution in [2.75, 3.05) is 23.8 Å². The number of hydrogen-bond acceptors (Lipinski definition) is 7. The zero-order valence-electron chi connectivity index (χ0n) is 11.9. The summed E-state index contributed by atoms with van der Waals surface area (Å²) in [5, 5.41) is 24.1. The number of amides is 1. The third-order valence-electron chi connectivity index (χ3n) is 2.97. The molecule has 6 nitrogen and oxygen atoms in total. The molecule has 3 aromatic rings. The molecular weight excluding hydrogens is 332 g/mol. The fourth-order valence-corrected chi connectivity index (χ4v) is 3.94.